The number of rotatable bonds is 9. The van der Waals surface area contributed by atoms with E-state index in [-0.39, 0.29) is 18.9 Å². The minimum Gasteiger partial charge on any atom is -0.480 e. The van der Waals surface area contributed by atoms with Crippen LogP contribution in [0, 0.1) is 5.92 Å². The molecule has 0 saturated carbocycles. The normalized spacial score (nSPS) is 16.5. The van der Waals surface area contributed by atoms with Gasteiger partial charge in [0.05, 0.1) is 17.4 Å². The molecule has 3 rings (SSSR count). The topological polar surface area (TPSA) is 121 Å². The minimum atomic E-state index is -1.29. The number of amides is 2. The summed E-state index contributed by atoms with van der Waals surface area (Å²) in [6.07, 6.45) is 0.522. The smallest absolute Gasteiger partial charge is 0.417 e. The number of benzene rings is 2. The zero-order chi connectivity index (χ0) is 24.5. The molecule has 1 saturated heterocycles. The first kappa shape index (κ1) is 25.0. The van der Waals surface area contributed by atoms with Crippen LogP contribution in [-0.4, -0.2) is 46.6 Å². The average Bonchev–Trinajstić information content (AvgIpc) is 3.37. The zero-order valence-electron chi connectivity index (χ0n) is 19.4. The highest BCUT2D eigenvalue weighted by molar-refractivity contribution is 5.99. The highest BCUT2D eigenvalue weighted by Crippen LogP contribution is 2.21. The minimum absolute atomic E-state index is 0.0293. The molecule has 0 aromatic heterocycles. The SMILES string of the molecule is CC(C)CC(C(=O)O)N(C(=O)OCc1ccc(N=Nc2ccccc2)cc1)C(=O)C1CCCN1. The number of carboxylic acid groups (broad SMARTS) is 1. The van der Waals surface area contributed by atoms with Crippen molar-refractivity contribution in [2.45, 2.75) is 51.8 Å². The molecule has 0 radical (unpaired) electrons. The maximum Gasteiger partial charge on any atom is 0.417 e. The number of azo groups is 1. The van der Waals surface area contributed by atoms with Crippen LogP contribution >= 0.6 is 0 Å². The number of nitrogens with one attached hydrogen (secondary N) is 1. The van der Waals surface area contributed by atoms with Gasteiger partial charge in [-0.25, -0.2) is 14.5 Å². The molecule has 2 atom stereocenters. The molecule has 9 heteroatoms. The largest absolute Gasteiger partial charge is 0.480 e. The summed E-state index contributed by atoms with van der Waals surface area (Å²) in [4.78, 5) is 38.7. The second kappa shape index (κ2) is 12.0. The molecule has 1 aliphatic rings. The lowest BCUT2D eigenvalue weighted by atomic mass is 10.0. The fourth-order valence-electron chi connectivity index (χ4n) is 3.68. The van der Waals surface area contributed by atoms with Crippen LogP contribution in [0.15, 0.2) is 64.8 Å². The monoisotopic (exact) mass is 466 g/mol. The summed E-state index contributed by atoms with van der Waals surface area (Å²) < 4.78 is 5.37. The summed E-state index contributed by atoms with van der Waals surface area (Å²) in [5.41, 5.74) is 2.04. The van der Waals surface area contributed by atoms with Gasteiger partial charge in [0.1, 0.15) is 12.6 Å². The Morgan fingerprint density at radius 1 is 1.06 bits per heavy atom. The summed E-state index contributed by atoms with van der Waals surface area (Å²) in [5, 5.41) is 21.1. The number of carbonyl (C=O) groups is 3. The molecule has 2 aromatic rings. The van der Waals surface area contributed by atoms with E-state index in [1.165, 1.54) is 0 Å². The van der Waals surface area contributed by atoms with Gasteiger partial charge in [-0.3, -0.25) is 4.79 Å². The van der Waals surface area contributed by atoms with Gasteiger partial charge in [0.15, 0.2) is 0 Å². The van der Waals surface area contributed by atoms with E-state index in [9.17, 15) is 19.5 Å². The maximum atomic E-state index is 13.0. The van der Waals surface area contributed by atoms with Crippen molar-refractivity contribution in [1.29, 1.82) is 0 Å². The number of carboxylic acids is 1. The molecule has 1 aliphatic heterocycles. The highest BCUT2D eigenvalue weighted by Gasteiger charge is 2.40. The fourth-order valence-corrected chi connectivity index (χ4v) is 3.68. The third-order valence-electron chi connectivity index (χ3n) is 5.42. The van der Waals surface area contributed by atoms with Crippen molar-refractivity contribution in [1.82, 2.24) is 10.2 Å². The van der Waals surface area contributed by atoms with Crippen LogP contribution in [0.4, 0.5) is 16.2 Å². The Morgan fingerprint density at radius 2 is 1.71 bits per heavy atom. The average molecular weight is 467 g/mol. The molecule has 0 spiro atoms. The Balaban J connectivity index is 1.67. The fraction of sp³-hybridized carbons (Fsp3) is 0.400. The quantitative estimate of drug-likeness (QED) is 0.511. The molecule has 0 bridgehead atoms. The molecule has 9 nitrogen and oxygen atoms in total. The zero-order valence-corrected chi connectivity index (χ0v) is 19.4. The van der Waals surface area contributed by atoms with Crippen molar-refractivity contribution < 1.29 is 24.2 Å². The number of nitrogens with zero attached hydrogens (tertiary/aromatic N) is 3. The van der Waals surface area contributed by atoms with E-state index in [0.29, 0.717) is 24.2 Å². The first-order chi connectivity index (χ1) is 16.3. The first-order valence-electron chi connectivity index (χ1n) is 11.4. The van der Waals surface area contributed by atoms with E-state index in [2.05, 4.69) is 15.5 Å². The molecule has 0 aliphatic carbocycles. The van der Waals surface area contributed by atoms with Crippen molar-refractivity contribution >= 4 is 29.3 Å². The van der Waals surface area contributed by atoms with Crippen molar-refractivity contribution in [3.05, 3.63) is 60.2 Å². The van der Waals surface area contributed by atoms with Crippen LogP contribution in [0.5, 0.6) is 0 Å². The van der Waals surface area contributed by atoms with E-state index >= 15 is 0 Å². The second-order valence-corrected chi connectivity index (χ2v) is 8.60. The van der Waals surface area contributed by atoms with Gasteiger partial charge in [-0.2, -0.15) is 10.2 Å². The van der Waals surface area contributed by atoms with Crippen molar-refractivity contribution in [3.63, 3.8) is 0 Å². The van der Waals surface area contributed by atoms with Gasteiger partial charge in [-0.1, -0.05) is 44.2 Å². The number of carbonyl (C=O) groups excluding carboxylic acids is 2. The van der Waals surface area contributed by atoms with Crippen LogP contribution in [0.25, 0.3) is 0 Å². The van der Waals surface area contributed by atoms with Gasteiger partial charge in [-0.15, -0.1) is 0 Å². The van der Waals surface area contributed by atoms with Crippen molar-refractivity contribution in [3.8, 4) is 0 Å². The summed E-state index contributed by atoms with van der Waals surface area (Å²) in [5.74, 6) is -1.82. The standard InChI is InChI=1S/C25H30N4O5/c1-17(2)15-22(24(31)32)29(23(30)21-9-6-14-26-21)25(33)34-16-18-10-12-20(13-11-18)28-27-19-7-4-3-5-8-19/h3-5,7-8,10-13,17,21-22,26H,6,9,14-16H2,1-2H3,(H,31,32). The molecule has 34 heavy (non-hydrogen) atoms. The van der Waals surface area contributed by atoms with Gasteiger partial charge in [-0.05, 0) is 61.6 Å². The molecular formula is C25H30N4O5. The lowest BCUT2D eigenvalue weighted by molar-refractivity contribution is -0.150. The lowest BCUT2D eigenvalue weighted by Gasteiger charge is -2.29. The second-order valence-electron chi connectivity index (χ2n) is 8.60. The highest BCUT2D eigenvalue weighted by atomic mass is 16.6. The molecular weight excluding hydrogens is 436 g/mol. The number of hydrogen-bond acceptors (Lipinski definition) is 7. The third kappa shape index (κ3) is 6.95. The lowest BCUT2D eigenvalue weighted by Crippen LogP contribution is -2.54. The Bertz CT molecular complexity index is 1000. The molecule has 1 heterocycles. The third-order valence-corrected chi connectivity index (χ3v) is 5.42. The van der Waals surface area contributed by atoms with Crippen molar-refractivity contribution in [2.75, 3.05) is 6.54 Å². The first-order valence-corrected chi connectivity index (χ1v) is 11.4. The van der Waals surface area contributed by atoms with Crippen LogP contribution in [0.2, 0.25) is 0 Å². The Labute approximate surface area is 198 Å². The summed E-state index contributed by atoms with van der Waals surface area (Å²) in [7, 11) is 0. The molecule has 180 valence electrons. The van der Waals surface area contributed by atoms with Crippen molar-refractivity contribution in [2.24, 2.45) is 16.1 Å². The van der Waals surface area contributed by atoms with Crippen LogP contribution in [0.1, 0.15) is 38.7 Å². The van der Waals surface area contributed by atoms with E-state index < -0.39 is 30.1 Å². The summed E-state index contributed by atoms with van der Waals surface area (Å²) >= 11 is 0. The summed E-state index contributed by atoms with van der Waals surface area (Å²) in [6, 6.07) is 14.4. The number of imide groups is 1. The molecule has 2 unspecified atom stereocenters. The van der Waals surface area contributed by atoms with Crippen LogP contribution < -0.4 is 5.32 Å². The summed E-state index contributed by atoms with van der Waals surface area (Å²) in [6.45, 7) is 4.23. The van der Waals surface area contributed by atoms with Gasteiger partial charge in [0, 0.05) is 0 Å². The molecule has 1 fully saturated rings. The number of hydrogen-bond donors (Lipinski definition) is 2. The van der Waals surface area contributed by atoms with Gasteiger partial charge in [0.2, 0.25) is 5.91 Å². The molecule has 2 aromatic carbocycles. The molecule has 2 N–H and O–H groups in total. The number of aliphatic carboxylic acids is 1. The Morgan fingerprint density at radius 3 is 2.26 bits per heavy atom. The Hall–Kier alpha value is -3.59. The van der Waals surface area contributed by atoms with Gasteiger partial charge >= 0.3 is 12.1 Å². The molecule has 2 amide bonds. The predicted octanol–water partition coefficient (Wildman–Crippen LogP) is 4.82. The predicted molar refractivity (Wildman–Crippen MR) is 126 cm³/mol. The van der Waals surface area contributed by atoms with E-state index in [1.807, 2.05) is 44.2 Å². The van der Waals surface area contributed by atoms with E-state index in [1.54, 1.807) is 24.3 Å². The van der Waals surface area contributed by atoms with Gasteiger partial charge in [0.25, 0.3) is 0 Å². The number of ether oxygens (including phenoxy) is 1. The van der Waals surface area contributed by atoms with Gasteiger partial charge < -0.3 is 15.2 Å². The van der Waals surface area contributed by atoms with E-state index in [4.69, 9.17) is 4.74 Å². The Kier molecular flexibility index (Phi) is 8.86. The van der Waals surface area contributed by atoms with Crippen LogP contribution in [0.3, 0.4) is 0 Å². The maximum absolute atomic E-state index is 13.0. The van der Waals surface area contributed by atoms with Crippen LogP contribution in [-0.2, 0) is 20.9 Å². The van der Waals surface area contributed by atoms with E-state index in [0.717, 1.165) is 17.0 Å².